The van der Waals surface area contributed by atoms with Crippen molar-refractivity contribution in [2.45, 2.75) is 46.6 Å². The van der Waals surface area contributed by atoms with E-state index in [9.17, 15) is 5.11 Å². The second kappa shape index (κ2) is 7.37. The van der Waals surface area contributed by atoms with E-state index in [1.807, 2.05) is 12.1 Å². The lowest BCUT2D eigenvalue weighted by Crippen LogP contribution is -2.29. The third kappa shape index (κ3) is 3.98. The van der Waals surface area contributed by atoms with Crippen LogP contribution in [-0.4, -0.2) is 23.2 Å². The van der Waals surface area contributed by atoms with Crippen LogP contribution >= 0.6 is 0 Å². The molecule has 1 atom stereocenters. The fraction of sp³-hybridized carbons (Fsp3) is 0.667. The monoisotopic (exact) mass is 250 g/mol. The molecule has 1 heterocycles. The van der Waals surface area contributed by atoms with Crippen molar-refractivity contribution < 1.29 is 5.11 Å². The van der Waals surface area contributed by atoms with E-state index < -0.39 is 6.10 Å². The summed E-state index contributed by atoms with van der Waals surface area (Å²) in [4.78, 5) is 6.72. The van der Waals surface area contributed by atoms with E-state index in [-0.39, 0.29) is 0 Å². The lowest BCUT2D eigenvalue weighted by molar-refractivity contribution is 0.199. The molecule has 102 valence electrons. The van der Waals surface area contributed by atoms with Crippen LogP contribution in [-0.2, 0) is 0 Å². The first kappa shape index (κ1) is 15.0. The minimum Gasteiger partial charge on any atom is -0.389 e. The molecule has 1 unspecified atom stereocenters. The third-order valence-electron chi connectivity index (χ3n) is 3.59. The second-order valence-electron chi connectivity index (χ2n) is 4.84. The second-order valence-corrected chi connectivity index (χ2v) is 4.84. The molecule has 3 nitrogen and oxygen atoms in total. The van der Waals surface area contributed by atoms with Gasteiger partial charge in [-0.1, -0.05) is 26.7 Å². The van der Waals surface area contributed by atoms with Crippen molar-refractivity contribution in [2.24, 2.45) is 5.92 Å². The van der Waals surface area contributed by atoms with Gasteiger partial charge in [-0.05, 0) is 37.5 Å². The van der Waals surface area contributed by atoms with Crippen LogP contribution in [0.25, 0.3) is 0 Å². The summed E-state index contributed by atoms with van der Waals surface area (Å²) < 4.78 is 0. The molecule has 0 saturated carbocycles. The highest BCUT2D eigenvalue weighted by molar-refractivity contribution is 5.41. The Labute approximate surface area is 111 Å². The Morgan fingerprint density at radius 3 is 2.44 bits per heavy atom. The summed E-state index contributed by atoms with van der Waals surface area (Å²) in [5.74, 6) is 1.68. The summed E-state index contributed by atoms with van der Waals surface area (Å²) in [5, 5.41) is 9.63. The van der Waals surface area contributed by atoms with Crippen molar-refractivity contribution in [1.29, 1.82) is 0 Å². The van der Waals surface area contributed by atoms with Gasteiger partial charge in [-0.15, -0.1) is 0 Å². The molecule has 3 heteroatoms. The van der Waals surface area contributed by atoms with Crippen molar-refractivity contribution in [3.63, 3.8) is 0 Å². The molecular formula is C15H26N2O. The Morgan fingerprint density at radius 2 is 1.94 bits per heavy atom. The first-order valence-corrected chi connectivity index (χ1v) is 7.01. The zero-order valence-corrected chi connectivity index (χ0v) is 12.1. The van der Waals surface area contributed by atoms with E-state index >= 15 is 0 Å². The van der Waals surface area contributed by atoms with E-state index in [1.54, 1.807) is 13.1 Å². The predicted molar refractivity (Wildman–Crippen MR) is 76.8 cm³/mol. The Hall–Kier alpha value is -1.09. The van der Waals surface area contributed by atoms with Crippen LogP contribution in [0.2, 0.25) is 0 Å². The topological polar surface area (TPSA) is 36.4 Å². The van der Waals surface area contributed by atoms with E-state index in [1.165, 1.54) is 12.8 Å². The maximum atomic E-state index is 9.63. The smallest absolute Gasteiger partial charge is 0.128 e. The Bertz CT molecular complexity index is 348. The summed E-state index contributed by atoms with van der Waals surface area (Å²) >= 11 is 0. The van der Waals surface area contributed by atoms with Crippen molar-refractivity contribution in [2.75, 3.05) is 18.0 Å². The number of rotatable bonds is 7. The van der Waals surface area contributed by atoms with Crippen LogP contribution in [0.15, 0.2) is 18.3 Å². The van der Waals surface area contributed by atoms with Crippen molar-refractivity contribution in [1.82, 2.24) is 4.98 Å². The van der Waals surface area contributed by atoms with Gasteiger partial charge in [-0.3, -0.25) is 0 Å². The molecule has 0 spiro atoms. The van der Waals surface area contributed by atoms with Gasteiger partial charge in [0.1, 0.15) is 5.82 Å². The third-order valence-corrected chi connectivity index (χ3v) is 3.59. The molecule has 0 aliphatic heterocycles. The van der Waals surface area contributed by atoms with Gasteiger partial charge in [-0.25, -0.2) is 4.98 Å². The zero-order valence-electron chi connectivity index (χ0n) is 12.1. The van der Waals surface area contributed by atoms with Crippen LogP contribution < -0.4 is 4.90 Å². The van der Waals surface area contributed by atoms with Crippen LogP contribution in [0.4, 0.5) is 5.82 Å². The average Bonchev–Trinajstić information content (AvgIpc) is 2.40. The molecule has 0 saturated heterocycles. The number of aliphatic hydroxyl groups excluding tert-OH is 1. The largest absolute Gasteiger partial charge is 0.389 e. The van der Waals surface area contributed by atoms with Gasteiger partial charge in [0, 0.05) is 19.3 Å². The maximum absolute atomic E-state index is 9.63. The number of nitrogens with zero attached hydrogens (tertiary/aromatic N) is 2. The molecule has 0 aliphatic carbocycles. The summed E-state index contributed by atoms with van der Waals surface area (Å²) in [6, 6.07) is 3.87. The van der Waals surface area contributed by atoms with Gasteiger partial charge in [0.2, 0.25) is 0 Å². The summed E-state index contributed by atoms with van der Waals surface area (Å²) in [5.41, 5.74) is 0.933. The number of pyridine rings is 1. The lowest BCUT2D eigenvalue weighted by Gasteiger charge is -2.26. The molecule has 1 N–H and O–H groups in total. The highest BCUT2D eigenvalue weighted by Crippen LogP contribution is 2.20. The van der Waals surface area contributed by atoms with Crippen molar-refractivity contribution in [3.8, 4) is 0 Å². The normalized spacial score (nSPS) is 12.8. The molecule has 1 rings (SSSR count). The maximum Gasteiger partial charge on any atom is 0.128 e. The highest BCUT2D eigenvalue weighted by atomic mass is 16.3. The van der Waals surface area contributed by atoms with E-state index in [4.69, 9.17) is 0 Å². The fourth-order valence-corrected chi connectivity index (χ4v) is 2.11. The van der Waals surface area contributed by atoms with Gasteiger partial charge in [0.15, 0.2) is 0 Å². The van der Waals surface area contributed by atoms with Gasteiger partial charge >= 0.3 is 0 Å². The molecule has 0 amide bonds. The SMILES string of the molecule is CCC(CC)CN(CC)c1cc(C(C)O)ccn1. The zero-order chi connectivity index (χ0) is 13.5. The highest BCUT2D eigenvalue weighted by Gasteiger charge is 2.12. The number of hydrogen-bond donors (Lipinski definition) is 1. The number of anilines is 1. The van der Waals surface area contributed by atoms with E-state index in [0.29, 0.717) is 5.92 Å². The van der Waals surface area contributed by atoms with Gasteiger partial charge in [0.25, 0.3) is 0 Å². The quantitative estimate of drug-likeness (QED) is 0.805. The minimum absolute atomic E-state index is 0.432. The molecule has 0 aliphatic rings. The summed E-state index contributed by atoms with van der Waals surface area (Å²) in [6.45, 7) is 10.4. The fourth-order valence-electron chi connectivity index (χ4n) is 2.11. The van der Waals surface area contributed by atoms with Crippen molar-refractivity contribution >= 4 is 5.82 Å². The number of aliphatic hydroxyl groups is 1. The average molecular weight is 250 g/mol. The summed E-state index contributed by atoms with van der Waals surface area (Å²) in [7, 11) is 0. The van der Waals surface area contributed by atoms with E-state index in [2.05, 4.69) is 30.7 Å². The Balaban J connectivity index is 2.84. The van der Waals surface area contributed by atoms with Crippen molar-refractivity contribution in [3.05, 3.63) is 23.9 Å². The molecule has 18 heavy (non-hydrogen) atoms. The lowest BCUT2D eigenvalue weighted by atomic mass is 10.0. The molecule has 1 aromatic heterocycles. The molecule has 0 aromatic carbocycles. The van der Waals surface area contributed by atoms with Gasteiger partial charge < -0.3 is 10.0 Å². The first-order chi connectivity index (χ1) is 8.62. The van der Waals surface area contributed by atoms with Gasteiger partial charge in [0.05, 0.1) is 6.10 Å². The van der Waals surface area contributed by atoms with Crippen LogP contribution in [0.1, 0.15) is 52.2 Å². The first-order valence-electron chi connectivity index (χ1n) is 7.01. The van der Waals surface area contributed by atoms with Gasteiger partial charge in [-0.2, -0.15) is 0 Å². The van der Waals surface area contributed by atoms with Crippen LogP contribution in [0, 0.1) is 5.92 Å². The van der Waals surface area contributed by atoms with E-state index in [0.717, 1.165) is 24.5 Å². The predicted octanol–water partition coefficient (Wildman–Crippen LogP) is 3.40. The molecular weight excluding hydrogens is 224 g/mol. The number of hydrogen-bond acceptors (Lipinski definition) is 3. The standard InChI is InChI=1S/C15H26N2O/c1-5-13(6-2)11-17(7-3)15-10-14(12(4)18)8-9-16-15/h8-10,12-13,18H,5-7,11H2,1-4H3. The molecule has 0 radical (unpaired) electrons. The Kier molecular flexibility index (Phi) is 6.13. The molecule has 1 aromatic rings. The molecule has 0 bridgehead atoms. The Morgan fingerprint density at radius 1 is 1.28 bits per heavy atom. The van der Waals surface area contributed by atoms with Crippen LogP contribution in [0.3, 0.4) is 0 Å². The number of aromatic nitrogens is 1. The van der Waals surface area contributed by atoms with Crippen LogP contribution in [0.5, 0.6) is 0 Å². The summed E-state index contributed by atoms with van der Waals surface area (Å²) in [6.07, 6.45) is 3.75. The molecule has 0 fully saturated rings. The minimum atomic E-state index is -0.432.